The maximum absolute atomic E-state index is 4.42. The van der Waals surface area contributed by atoms with Gasteiger partial charge in [0.05, 0.1) is 12.7 Å². The molecule has 0 N–H and O–H groups in total. The van der Waals surface area contributed by atoms with E-state index in [1.54, 1.807) is 0 Å². The highest BCUT2D eigenvalue weighted by Gasteiger charge is 2.02. The summed E-state index contributed by atoms with van der Waals surface area (Å²) in [4.78, 5) is 0. The average molecular weight is 313 g/mol. The van der Waals surface area contributed by atoms with Gasteiger partial charge in [0.25, 0.3) is 0 Å². The van der Waals surface area contributed by atoms with Crippen LogP contribution in [0.3, 0.4) is 0 Å². The van der Waals surface area contributed by atoms with Crippen molar-refractivity contribution in [2.45, 2.75) is 6.54 Å². The lowest BCUT2D eigenvalue weighted by Crippen LogP contribution is -1.99. The van der Waals surface area contributed by atoms with Crippen LogP contribution in [0.2, 0.25) is 0 Å². The van der Waals surface area contributed by atoms with Crippen molar-refractivity contribution in [2.24, 2.45) is 0 Å². The zero-order valence-corrected chi connectivity index (χ0v) is 11.9. The van der Waals surface area contributed by atoms with E-state index in [-0.39, 0.29) is 0 Å². The van der Waals surface area contributed by atoms with Gasteiger partial charge in [-0.1, -0.05) is 58.4 Å². The zero-order chi connectivity index (χ0) is 13.1. The molecule has 0 radical (unpaired) electrons. The highest BCUT2D eigenvalue weighted by Crippen LogP contribution is 2.18. The molecule has 2 aromatic carbocycles. The van der Waals surface area contributed by atoms with Crippen LogP contribution < -0.4 is 0 Å². The van der Waals surface area contributed by atoms with Crippen molar-refractivity contribution in [3.8, 4) is 11.1 Å². The van der Waals surface area contributed by atoms with Gasteiger partial charge in [0, 0.05) is 16.2 Å². The molecule has 0 saturated heterocycles. The molecule has 0 bridgehead atoms. The lowest BCUT2D eigenvalue weighted by Gasteiger charge is -2.02. The van der Waals surface area contributed by atoms with Gasteiger partial charge in [0.15, 0.2) is 0 Å². The number of aromatic nitrogens is 2. The largest absolute Gasteiger partial charge is 0.268 e. The van der Waals surface area contributed by atoms with E-state index < -0.39 is 0 Å². The molecule has 1 heterocycles. The Labute approximate surface area is 120 Å². The summed E-state index contributed by atoms with van der Waals surface area (Å²) in [5.41, 5.74) is 3.58. The fourth-order valence-electron chi connectivity index (χ4n) is 2.05. The highest BCUT2D eigenvalue weighted by atomic mass is 79.9. The molecule has 0 spiro atoms. The average Bonchev–Trinajstić information content (AvgIpc) is 2.88. The predicted octanol–water partition coefficient (Wildman–Crippen LogP) is 4.36. The number of halogens is 1. The third-order valence-corrected chi connectivity index (χ3v) is 3.47. The van der Waals surface area contributed by atoms with Gasteiger partial charge in [-0.2, -0.15) is 5.10 Å². The monoisotopic (exact) mass is 312 g/mol. The number of benzene rings is 2. The predicted molar refractivity (Wildman–Crippen MR) is 80.9 cm³/mol. The summed E-state index contributed by atoms with van der Waals surface area (Å²) in [6, 6.07) is 18.6. The minimum absolute atomic E-state index is 0.784. The Morgan fingerprint density at radius 3 is 2.58 bits per heavy atom. The van der Waals surface area contributed by atoms with E-state index in [2.05, 4.69) is 51.5 Å². The Morgan fingerprint density at radius 2 is 1.79 bits per heavy atom. The molecule has 94 valence electrons. The Kier molecular flexibility index (Phi) is 3.47. The zero-order valence-electron chi connectivity index (χ0n) is 10.3. The smallest absolute Gasteiger partial charge is 0.0660 e. The van der Waals surface area contributed by atoms with E-state index in [1.807, 2.05) is 41.2 Å². The molecular weight excluding hydrogens is 300 g/mol. The van der Waals surface area contributed by atoms with Gasteiger partial charge in [-0.05, 0) is 23.3 Å². The maximum Gasteiger partial charge on any atom is 0.0660 e. The van der Waals surface area contributed by atoms with Crippen LogP contribution in [0.25, 0.3) is 11.1 Å². The first kappa shape index (κ1) is 12.2. The lowest BCUT2D eigenvalue weighted by molar-refractivity contribution is 0.687. The second-order valence-corrected chi connectivity index (χ2v) is 5.34. The first-order chi connectivity index (χ1) is 9.31. The van der Waals surface area contributed by atoms with E-state index in [0.717, 1.165) is 16.6 Å². The van der Waals surface area contributed by atoms with Crippen molar-refractivity contribution in [1.82, 2.24) is 9.78 Å². The van der Waals surface area contributed by atoms with Gasteiger partial charge in [-0.15, -0.1) is 0 Å². The third kappa shape index (κ3) is 2.93. The minimum Gasteiger partial charge on any atom is -0.268 e. The fraction of sp³-hybridized carbons (Fsp3) is 0.0625. The van der Waals surface area contributed by atoms with E-state index in [9.17, 15) is 0 Å². The molecule has 2 nitrogen and oxygen atoms in total. The fourth-order valence-corrected chi connectivity index (χ4v) is 2.50. The van der Waals surface area contributed by atoms with Crippen LogP contribution in [-0.4, -0.2) is 9.78 Å². The highest BCUT2D eigenvalue weighted by molar-refractivity contribution is 9.10. The first-order valence-electron chi connectivity index (χ1n) is 6.13. The molecule has 0 fully saturated rings. The van der Waals surface area contributed by atoms with Crippen molar-refractivity contribution in [3.05, 3.63) is 77.0 Å². The topological polar surface area (TPSA) is 17.8 Å². The molecule has 0 aliphatic carbocycles. The Hall–Kier alpha value is -1.87. The van der Waals surface area contributed by atoms with Gasteiger partial charge in [0.1, 0.15) is 0 Å². The van der Waals surface area contributed by atoms with Crippen molar-refractivity contribution in [2.75, 3.05) is 0 Å². The Balaban J connectivity index is 1.82. The molecular formula is C16H13BrN2. The van der Waals surface area contributed by atoms with Crippen LogP contribution in [0.15, 0.2) is 71.5 Å². The van der Waals surface area contributed by atoms with Crippen molar-refractivity contribution >= 4 is 15.9 Å². The molecule has 0 aliphatic heterocycles. The van der Waals surface area contributed by atoms with Crippen LogP contribution in [0.1, 0.15) is 5.56 Å². The summed E-state index contributed by atoms with van der Waals surface area (Å²) in [6.07, 6.45) is 3.99. The number of nitrogens with zero attached hydrogens (tertiary/aromatic N) is 2. The van der Waals surface area contributed by atoms with E-state index >= 15 is 0 Å². The molecule has 3 rings (SSSR count). The van der Waals surface area contributed by atoms with Gasteiger partial charge < -0.3 is 0 Å². The van der Waals surface area contributed by atoms with Gasteiger partial charge in [-0.25, -0.2) is 0 Å². The van der Waals surface area contributed by atoms with Gasteiger partial charge in [0.2, 0.25) is 0 Å². The molecule has 0 amide bonds. The van der Waals surface area contributed by atoms with Crippen LogP contribution in [0.5, 0.6) is 0 Å². The summed E-state index contributed by atoms with van der Waals surface area (Å²) < 4.78 is 3.06. The van der Waals surface area contributed by atoms with Crippen molar-refractivity contribution in [3.63, 3.8) is 0 Å². The summed E-state index contributed by atoms with van der Waals surface area (Å²) >= 11 is 3.49. The molecule has 1 aromatic heterocycles. The molecule has 0 atom stereocenters. The maximum atomic E-state index is 4.42. The normalized spacial score (nSPS) is 10.6. The second kappa shape index (κ2) is 5.41. The summed E-state index contributed by atoms with van der Waals surface area (Å²) in [5.74, 6) is 0. The molecule has 0 saturated carbocycles. The number of rotatable bonds is 3. The molecule has 0 aliphatic rings. The molecule has 19 heavy (non-hydrogen) atoms. The summed E-state index contributed by atoms with van der Waals surface area (Å²) in [6.45, 7) is 0.784. The van der Waals surface area contributed by atoms with E-state index in [4.69, 9.17) is 0 Å². The number of hydrogen-bond donors (Lipinski definition) is 0. The molecule has 3 aromatic rings. The third-order valence-electron chi connectivity index (χ3n) is 2.97. The number of hydrogen-bond acceptors (Lipinski definition) is 1. The van der Waals surface area contributed by atoms with Gasteiger partial charge in [-0.3, -0.25) is 4.68 Å². The summed E-state index contributed by atoms with van der Waals surface area (Å²) in [5, 5.41) is 4.42. The van der Waals surface area contributed by atoms with Gasteiger partial charge >= 0.3 is 0 Å². The Morgan fingerprint density at radius 1 is 0.947 bits per heavy atom. The van der Waals surface area contributed by atoms with Crippen LogP contribution in [0, 0.1) is 0 Å². The molecule has 0 unspecified atom stereocenters. The van der Waals surface area contributed by atoms with Crippen molar-refractivity contribution in [1.29, 1.82) is 0 Å². The Bertz CT molecular complexity index is 674. The molecule has 3 heteroatoms. The van der Waals surface area contributed by atoms with Crippen LogP contribution in [-0.2, 0) is 6.54 Å². The second-order valence-electron chi connectivity index (χ2n) is 4.42. The van der Waals surface area contributed by atoms with Crippen molar-refractivity contribution < 1.29 is 0 Å². The summed E-state index contributed by atoms with van der Waals surface area (Å²) in [7, 11) is 0. The van der Waals surface area contributed by atoms with E-state index in [1.165, 1.54) is 11.1 Å². The quantitative estimate of drug-likeness (QED) is 0.702. The van der Waals surface area contributed by atoms with Crippen LogP contribution in [0.4, 0.5) is 0 Å². The van der Waals surface area contributed by atoms with Crippen LogP contribution >= 0.6 is 15.9 Å². The standard InChI is InChI=1S/C16H13BrN2/c17-16-8-4-5-13(9-16)11-19-12-15(10-18-19)14-6-2-1-3-7-14/h1-10,12H,11H2. The van der Waals surface area contributed by atoms with E-state index in [0.29, 0.717) is 0 Å². The SMILES string of the molecule is Brc1cccc(Cn2cc(-c3ccccc3)cn2)c1. The lowest BCUT2D eigenvalue weighted by atomic mass is 10.1. The first-order valence-corrected chi connectivity index (χ1v) is 6.93. The minimum atomic E-state index is 0.784.